The topological polar surface area (TPSA) is 55.1 Å². The van der Waals surface area contributed by atoms with Crippen LogP contribution in [0.4, 0.5) is 0 Å². The molecule has 0 saturated heterocycles. The normalized spacial score (nSPS) is 12.5. The van der Waals surface area contributed by atoms with Crippen molar-refractivity contribution in [3.8, 4) is 0 Å². The van der Waals surface area contributed by atoms with E-state index in [0.717, 1.165) is 11.0 Å². The monoisotopic (exact) mass is 280 g/mol. The zero-order chi connectivity index (χ0) is 14.8. The molecule has 106 valence electrons. The van der Waals surface area contributed by atoms with E-state index in [1.54, 1.807) is 23.6 Å². The summed E-state index contributed by atoms with van der Waals surface area (Å²) in [5.74, 6) is 0.515. The molecule has 4 heteroatoms. The lowest BCUT2D eigenvalue weighted by Crippen LogP contribution is -2.14. The number of hydrogen-bond donors (Lipinski definition) is 1. The number of aliphatic hydroxyl groups is 1. The second kappa shape index (κ2) is 5.50. The van der Waals surface area contributed by atoms with Crippen LogP contribution in [0, 0.1) is 0 Å². The van der Waals surface area contributed by atoms with E-state index in [4.69, 9.17) is 0 Å². The van der Waals surface area contributed by atoms with Crippen LogP contribution in [0.25, 0.3) is 11.0 Å². The molecule has 0 spiro atoms. The Morgan fingerprint density at radius 1 is 1.14 bits per heavy atom. The summed E-state index contributed by atoms with van der Waals surface area (Å²) in [6.07, 6.45) is -0.721. The summed E-state index contributed by atoms with van der Waals surface area (Å²) in [6, 6.07) is 16.7. The molecule has 0 aliphatic rings. The number of rotatable bonds is 4. The number of benzene rings is 2. The van der Waals surface area contributed by atoms with Crippen LogP contribution in [0.15, 0.2) is 54.6 Å². The Morgan fingerprint density at radius 2 is 1.81 bits per heavy atom. The number of aliphatic hydroxyl groups excluding tert-OH is 1. The van der Waals surface area contributed by atoms with E-state index in [1.807, 2.05) is 42.5 Å². The van der Waals surface area contributed by atoms with Crippen LogP contribution in [0.1, 0.15) is 29.2 Å². The average Bonchev–Trinajstić information content (AvgIpc) is 2.87. The fourth-order valence-electron chi connectivity index (χ4n) is 2.44. The Labute approximate surface area is 122 Å². The zero-order valence-corrected chi connectivity index (χ0v) is 11.7. The molecule has 0 bridgehead atoms. The van der Waals surface area contributed by atoms with E-state index in [0.29, 0.717) is 11.4 Å². The third kappa shape index (κ3) is 2.58. The van der Waals surface area contributed by atoms with Crippen molar-refractivity contribution in [2.75, 3.05) is 0 Å². The first-order valence-electron chi connectivity index (χ1n) is 6.88. The van der Waals surface area contributed by atoms with E-state index in [-0.39, 0.29) is 12.3 Å². The Kier molecular flexibility index (Phi) is 3.54. The van der Waals surface area contributed by atoms with Crippen molar-refractivity contribution in [2.24, 2.45) is 0 Å². The van der Waals surface area contributed by atoms with Crippen LogP contribution in [-0.4, -0.2) is 20.4 Å². The highest BCUT2D eigenvalue weighted by molar-refractivity contribution is 5.96. The van der Waals surface area contributed by atoms with Crippen LogP contribution in [-0.2, 0) is 6.54 Å². The number of Topliss-reactive ketones (excluding diaryl/α,β-unsaturated/α-hetero) is 1. The molecule has 1 aromatic heterocycles. The summed E-state index contributed by atoms with van der Waals surface area (Å²) in [6.45, 7) is 1.83. The van der Waals surface area contributed by atoms with E-state index >= 15 is 0 Å². The molecule has 0 amide bonds. The molecule has 3 rings (SSSR count). The second-order valence-corrected chi connectivity index (χ2v) is 5.01. The molecule has 0 radical (unpaired) electrons. The molecule has 0 aliphatic heterocycles. The molecule has 4 nitrogen and oxygen atoms in total. The molecule has 1 heterocycles. The van der Waals surface area contributed by atoms with Crippen molar-refractivity contribution < 1.29 is 9.90 Å². The Bertz CT molecular complexity index is 776. The van der Waals surface area contributed by atoms with E-state index < -0.39 is 6.10 Å². The molecule has 1 N–H and O–H groups in total. The van der Waals surface area contributed by atoms with Gasteiger partial charge in [0.25, 0.3) is 0 Å². The number of fused-ring (bicyclic) bond motifs is 1. The number of carbonyl (C=O) groups excluding carboxylic acids is 1. The standard InChI is InChI=1S/C17H16N2O2/c1-12(20)17-18-14-9-5-6-10-15(14)19(17)11-16(21)13-7-3-2-4-8-13/h2-10,12,20H,11H2,1H3. The van der Waals surface area contributed by atoms with Gasteiger partial charge in [0, 0.05) is 5.56 Å². The van der Waals surface area contributed by atoms with Crippen molar-refractivity contribution in [3.05, 3.63) is 66.0 Å². The molecule has 1 unspecified atom stereocenters. The Morgan fingerprint density at radius 3 is 2.52 bits per heavy atom. The molecule has 3 aromatic rings. The SMILES string of the molecule is CC(O)c1nc2ccccc2n1CC(=O)c1ccccc1. The van der Waals surface area contributed by atoms with Crippen LogP contribution < -0.4 is 0 Å². The minimum absolute atomic E-state index is 0.000605. The smallest absolute Gasteiger partial charge is 0.182 e. The highest BCUT2D eigenvalue weighted by Gasteiger charge is 2.17. The molecule has 1 atom stereocenters. The Balaban J connectivity index is 2.03. The number of imidazole rings is 1. The van der Waals surface area contributed by atoms with Gasteiger partial charge in [-0.2, -0.15) is 0 Å². The number of hydrogen-bond acceptors (Lipinski definition) is 3. The van der Waals surface area contributed by atoms with E-state index in [9.17, 15) is 9.90 Å². The van der Waals surface area contributed by atoms with Crippen LogP contribution in [0.2, 0.25) is 0 Å². The van der Waals surface area contributed by atoms with Gasteiger partial charge in [0.1, 0.15) is 11.9 Å². The van der Waals surface area contributed by atoms with Gasteiger partial charge in [-0.3, -0.25) is 4.79 Å². The lowest BCUT2D eigenvalue weighted by Gasteiger charge is -2.10. The van der Waals surface area contributed by atoms with Crippen LogP contribution >= 0.6 is 0 Å². The summed E-state index contributed by atoms with van der Waals surface area (Å²) in [5.41, 5.74) is 2.30. The number of nitrogens with zero attached hydrogens (tertiary/aromatic N) is 2. The molecule has 0 aliphatic carbocycles. The van der Waals surface area contributed by atoms with Gasteiger partial charge in [0.05, 0.1) is 17.6 Å². The highest BCUT2D eigenvalue weighted by atomic mass is 16.3. The minimum Gasteiger partial charge on any atom is -0.385 e. The fourth-order valence-corrected chi connectivity index (χ4v) is 2.44. The number of aromatic nitrogens is 2. The molecule has 21 heavy (non-hydrogen) atoms. The maximum Gasteiger partial charge on any atom is 0.182 e. The average molecular weight is 280 g/mol. The number of para-hydroxylation sites is 2. The van der Waals surface area contributed by atoms with Crippen LogP contribution in [0.3, 0.4) is 0 Å². The van der Waals surface area contributed by atoms with Gasteiger partial charge in [0.15, 0.2) is 5.78 Å². The maximum atomic E-state index is 12.4. The lowest BCUT2D eigenvalue weighted by molar-refractivity contribution is 0.0968. The van der Waals surface area contributed by atoms with E-state index in [2.05, 4.69) is 4.98 Å². The van der Waals surface area contributed by atoms with Crippen molar-refractivity contribution in [1.29, 1.82) is 0 Å². The predicted octanol–water partition coefficient (Wildman–Crippen LogP) is 2.97. The first kappa shape index (κ1) is 13.5. The lowest BCUT2D eigenvalue weighted by atomic mass is 10.1. The van der Waals surface area contributed by atoms with Gasteiger partial charge >= 0.3 is 0 Å². The summed E-state index contributed by atoms with van der Waals surface area (Å²) in [7, 11) is 0. The molecule has 0 saturated carbocycles. The van der Waals surface area contributed by atoms with Gasteiger partial charge in [-0.25, -0.2) is 4.98 Å². The van der Waals surface area contributed by atoms with Crippen molar-refractivity contribution in [3.63, 3.8) is 0 Å². The summed E-state index contributed by atoms with van der Waals surface area (Å²) < 4.78 is 1.79. The number of carbonyl (C=O) groups is 1. The van der Waals surface area contributed by atoms with Gasteiger partial charge in [-0.15, -0.1) is 0 Å². The predicted molar refractivity (Wildman–Crippen MR) is 81.1 cm³/mol. The largest absolute Gasteiger partial charge is 0.385 e. The second-order valence-electron chi connectivity index (χ2n) is 5.01. The molecular formula is C17H16N2O2. The minimum atomic E-state index is -0.721. The quantitative estimate of drug-likeness (QED) is 0.747. The number of ketones is 1. The molecule has 2 aromatic carbocycles. The van der Waals surface area contributed by atoms with Crippen molar-refractivity contribution in [1.82, 2.24) is 9.55 Å². The summed E-state index contributed by atoms with van der Waals surface area (Å²) >= 11 is 0. The van der Waals surface area contributed by atoms with Crippen molar-refractivity contribution in [2.45, 2.75) is 19.6 Å². The van der Waals surface area contributed by atoms with Crippen LogP contribution in [0.5, 0.6) is 0 Å². The highest BCUT2D eigenvalue weighted by Crippen LogP contribution is 2.21. The fraction of sp³-hybridized carbons (Fsp3) is 0.176. The maximum absolute atomic E-state index is 12.4. The summed E-state index contributed by atoms with van der Waals surface area (Å²) in [5, 5.41) is 9.89. The van der Waals surface area contributed by atoms with E-state index in [1.165, 1.54) is 0 Å². The van der Waals surface area contributed by atoms with Crippen molar-refractivity contribution >= 4 is 16.8 Å². The third-order valence-corrected chi connectivity index (χ3v) is 3.46. The van der Waals surface area contributed by atoms with Gasteiger partial charge in [0.2, 0.25) is 0 Å². The first-order valence-corrected chi connectivity index (χ1v) is 6.88. The summed E-state index contributed by atoms with van der Waals surface area (Å²) in [4.78, 5) is 16.8. The van der Waals surface area contributed by atoms with Gasteiger partial charge in [-0.05, 0) is 19.1 Å². The van der Waals surface area contributed by atoms with Gasteiger partial charge in [-0.1, -0.05) is 42.5 Å². The molecular weight excluding hydrogens is 264 g/mol. The first-order chi connectivity index (χ1) is 10.2. The Hall–Kier alpha value is -2.46. The molecule has 0 fully saturated rings. The van der Waals surface area contributed by atoms with Gasteiger partial charge < -0.3 is 9.67 Å². The zero-order valence-electron chi connectivity index (χ0n) is 11.7. The third-order valence-electron chi connectivity index (χ3n) is 3.46.